The maximum Gasteiger partial charge on any atom is 0.130 e. The van der Waals surface area contributed by atoms with E-state index in [1.54, 1.807) is 16.8 Å². The van der Waals surface area contributed by atoms with Gasteiger partial charge in [-0.3, -0.25) is 4.68 Å². The second-order valence-electron chi connectivity index (χ2n) is 6.02. The van der Waals surface area contributed by atoms with Gasteiger partial charge in [-0.2, -0.15) is 5.10 Å². The van der Waals surface area contributed by atoms with Crippen LogP contribution in [0.5, 0.6) is 0 Å². The van der Waals surface area contributed by atoms with Crippen LogP contribution in [0.1, 0.15) is 30.7 Å². The molecule has 0 fully saturated rings. The summed E-state index contributed by atoms with van der Waals surface area (Å²) in [7, 11) is 1.81. The van der Waals surface area contributed by atoms with Crippen molar-refractivity contribution in [3.63, 3.8) is 0 Å². The number of benzene rings is 1. The molecule has 1 aromatic carbocycles. The molecule has 0 saturated heterocycles. The molecule has 0 aliphatic rings. The molecule has 3 nitrogen and oxygen atoms in total. The smallest absolute Gasteiger partial charge is 0.130 e. The first-order valence-electron chi connectivity index (χ1n) is 6.93. The Labute approximate surface area is 129 Å². The Hall–Kier alpha value is -1.39. The zero-order chi connectivity index (χ0) is 15.8. The highest BCUT2D eigenvalue weighted by molar-refractivity contribution is 6.30. The fraction of sp³-hybridized carbons (Fsp3) is 0.438. The predicted molar refractivity (Wildman–Crippen MR) is 84.1 cm³/mol. The summed E-state index contributed by atoms with van der Waals surface area (Å²) in [6, 6.07) is 6.35. The van der Waals surface area contributed by atoms with Gasteiger partial charge in [-0.15, -0.1) is 0 Å². The van der Waals surface area contributed by atoms with Crippen molar-refractivity contribution >= 4 is 11.6 Å². The summed E-state index contributed by atoms with van der Waals surface area (Å²) in [6.07, 6.45) is 0.628. The Kier molecular flexibility index (Phi) is 4.40. The fourth-order valence-electron chi connectivity index (χ4n) is 2.47. The molecule has 2 rings (SSSR count). The predicted octanol–water partition coefficient (Wildman–Crippen LogP) is 3.37. The van der Waals surface area contributed by atoms with Crippen LogP contribution < -0.4 is 5.73 Å². The molecule has 2 aromatic rings. The molecule has 2 N–H and O–H groups in total. The van der Waals surface area contributed by atoms with Crippen LogP contribution in [0.4, 0.5) is 4.39 Å². The Morgan fingerprint density at radius 3 is 2.38 bits per heavy atom. The number of nitrogens with two attached hydrogens (primary N) is 1. The van der Waals surface area contributed by atoms with E-state index in [0.717, 1.165) is 16.8 Å². The summed E-state index contributed by atoms with van der Waals surface area (Å²) in [5, 5.41) is 4.93. The van der Waals surface area contributed by atoms with Gasteiger partial charge in [0.05, 0.1) is 5.69 Å². The van der Waals surface area contributed by atoms with Gasteiger partial charge in [0.2, 0.25) is 0 Å². The molecule has 21 heavy (non-hydrogen) atoms. The number of hydrogen-bond donors (Lipinski definition) is 1. The Morgan fingerprint density at radius 1 is 1.33 bits per heavy atom. The van der Waals surface area contributed by atoms with Crippen molar-refractivity contribution in [2.45, 2.75) is 38.6 Å². The summed E-state index contributed by atoms with van der Waals surface area (Å²) >= 11 is 6.27. The quantitative estimate of drug-likeness (QED) is 0.941. The zero-order valence-corrected chi connectivity index (χ0v) is 13.6. The summed E-state index contributed by atoms with van der Waals surface area (Å²) in [5.41, 5.74) is 9.00. The maximum atomic E-state index is 13.1. The Bertz CT molecular complexity index is 632. The van der Waals surface area contributed by atoms with Crippen LogP contribution in [0.3, 0.4) is 0 Å². The number of aryl methyl sites for hydroxylation is 2. The topological polar surface area (TPSA) is 43.8 Å². The van der Waals surface area contributed by atoms with Gasteiger partial charge in [-0.1, -0.05) is 37.6 Å². The first-order valence-corrected chi connectivity index (χ1v) is 7.31. The molecule has 1 aromatic heterocycles. The van der Waals surface area contributed by atoms with E-state index in [1.165, 1.54) is 12.1 Å². The molecule has 0 saturated carbocycles. The first kappa shape index (κ1) is 16.0. The van der Waals surface area contributed by atoms with Gasteiger partial charge >= 0.3 is 0 Å². The number of hydrogen-bond acceptors (Lipinski definition) is 2. The summed E-state index contributed by atoms with van der Waals surface area (Å²) in [6.45, 7) is 6.05. The van der Waals surface area contributed by atoms with Gasteiger partial charge < -0.3 is 5.73 Å². The monoisotopic (exact) mass is 309 g/mol. The Balaban J connectivity index is 2.26. The minimum absolute atomic E-state index is 0.150. The molecule has 1 heterocycles. The molecular formula is C16H21ClFN3. The summed E-state index contributed by atoms with van der Waals surface area (Å²) < 4.78 is 14.7. The number of halogens is 2. The molecule has 0 radical (unpaired) electrons. The Morgan fingerprint density at radius 2 is 1.90 bits per heavy atom. The lowest BCUT2D eigenvalue weighted by Crippen LogP contribution is -2.42. The molecule has 5 heteroatoms. The van der Waals surface area contributed by atoms with E-state index in [2.05, 4.69) is 18.9 Å². The summed E-state index contributed by atoms with van der Waals surface area (Å²) in [5.74, 6) is -0.241. The lowest BCUT2D eigenvalue weighted by Gasteiger charge is -2.32. The van der Waals surface area contributed by atoms with Crippen molar-refractivity contribution in [1.29, 1.82) is 0 Å². The van der Waals surface area contributed by atoms with Crippen molar-refractivity contribution in [2.75, 3.05) is 0 Å². The second-order valence-corrected chi connectivity index (χ2v) is 6.38. The molecule has 0 amide bonds. The van der Waals surface area contributed by atoms with E-state index in [1.807, 2.05) is 14.0 Å². The molecule has 1 atom stereocenters. The number of aromatic nitrogens is 2. The highest BCUT2D eigenvalue weighted by Crippen LogP contribution is 2.30. The number of rotatable bonds is 4. The molecule has 0 aliphatic carbocycles. The van der Waals surface area contributed by atoms with Crippen molar-refractivity contribution < 1.29 is 4.39 Å². The highest BCUT2D eigenvalue weighted by Gasteiger charge is 2.30. The van der Waals surface area contributed by atoms with Gasteiger partial charge in [0.25, 0.3) is 0 Å². The molecular weight excluding hydrogens is 289 g/mol. The molecule has 1 unspecified atom stereocenters. The standard InChI is InChI=1S/C16H21ClFN3/c1-10-13(15(17)21(4)20-10)9-14(19)16(2,3)11-5-7-12(18)8-6-11/h5-8,14H,9,19H2,1-4H3. The first-order chi connectivity index (χ1) is 9.73. The van der Waals surface area contributed by atoms with Crippen molar-refractivity contribution in [2.24, 2.45) is 12.8 Å². The second kappa shape index (κ2) is 5.78. The van der Waals surface area contributed by atoms with E-state index < -0.39 is 0 Å². The average molecular weight is 310 g/mol. The van der Waals surface area contributed by atoms with Gasteiger partial charge in [0.15, 0.2) is 0 Å². The van der Waals surface area contributed by atoms with Crippen LogP contribution >= 0.6 is 11.6 Å². The van der Waals surface area contributed by atoms with Gasteiger partial charge in [0, 0.05) is 24.1 Å². The van der Waals surface area contributed by atoms with Crippen molar-refractivity contribution in [1.82, 2.24) is 9.78 Å². The van der Waals surface area contributed by atoms with Crippen molar-refractivity contribution in [3.05, 3.63) is 52.1 Å². The lowest BCUT2D eigenvalue weighted by atomic mass is 9.76. The molecule has 0 spiro atoms. The minimum atomic E-state index is -0.292. The van der Waals surface area contributed by atoms with Crippen LogP contribution in [-0.4, -0.2) is 15.8 Å². The van der Waals surface area contributed by atoms with Crippen LogP contribution in [0.25, 0.3) is 0 Å². The molecule has 0 aliphatic heterocycles. The van der Waals surface area contributed by atoms with Gasteiger partial charge in [-0.05, 0) is 31.0 Å². The molecule has 0 bridgehead atoms. The van der Waals surface area contributed by atoms with E-state index in [0.29, 0.717) is 11.6 Å². The maximum absolute atomic E-state index is 13.1. The third-order valence-corrected chi connectivity index (χ3v) is 4.68. The minimum Gasteiger partial charge on any atom is -0.327 e. The average Bonchev–Trinajstić information content (AvgIpc) is 2.65. The normalized spacial score (nSPS) is 13.5. The third-order valence-electron chi connectivity index (χ3n) is 4.21. The largest absolute Gasteiger partial charge is 0.327 e. The van der Waals surface area contributed by atoms with Crippen LogP contribution in [-0.2, 0) is 18.9 Å². The lowest BCUT2D eigenvalue weighted by molar-refractivity contribution is 0.405. The van der Waals surface area contributed by atoms with Crippen LogP contribution in [0.15, 0.2) is 24.3 Å². The zero-order valence-electron chi connectivity index (χ0n) is 12.8. The van der Waals surface area contributed by atoms with Crippen molar-refractivity contribution in [3.8, 4) is 0 Å². The molecule has 114 valence electrons. The van der Waals surface area contributed by atoms with Gasteiger partial charge in [-0.25, -0.2) is 4.39 Å². The highest BCUT2D eigenvalue weighted by atomic mass is 35.5. The fourth-order valence-corrected chi connectivity index (χ4v) is 2.73. The summed E-state index contributed by atoms with van der Waals surface area (Å²) in [4.78, 5) is 0. The van der Waals surface area contributed by atoms with Crippen LogP contribution in [0.2, 0.25) is 5.15 Å². The third kappa shape index (κ3) is 3.11. The van der Waals surface area contributed by atoms with E-state index in [-0.39, 0.29) is 17.3 Å². The number of nitrogens with zero attached hydrogens (tertiary/aromatic N) is 2. The van der Waals surface area contributed by atoms with Crippen LogP contribution in [0, 0.1) is 12.7 Å². The van der Waals surface area contributed by atoms with E-state index in [4.69, 9.17) is 17.3 Å². The van der Waals surface area contributed by atoms with Gasteiger partial charge in [0.1, 0.15) is 11.0 Å². The van der Waals surface area contributed by atoms with E-state index in [9.17, 15) is 4.39 Å². The van der Waals surface area contributed by atoms with E-state index >= 15 is 0 Å². The SMILES string of the molecule is Cc1nn(C)c(Cl)c1CC(N)C(C)(C)c1ccc(F)cc1.